The highest BCUT2D eigenvalue weighted by atomic mass is 32.2. The minimum Gasteiger partial charge on any atom is -0.479 e. The number of methoxy groups -OCH3 is 2. The molecule has 1 heterocycles. The second-order valence-corrected chi connectivity index (χ2v) is 6.35. The quantitative estimate of drug-likeness (QED) is 0.871. The van der Waals surface area contributed by atoms with Crippen LogP contribution in [0, 0.1) is 6.92 Å². The molecule has 0 fully saturated rings. The third-order valence-electron chi connectivity index (χ3n) is 2.81. The Morgan fingerprint density at radius 2 is 2.00 bits per heavy atom. The van der Waals surface area contributed by atoms with E-state index in [1.165, 1.54) is 20.4 Å². The predicted octanol–water partition coefficient (Wildman–Crippen LogP) is 1.74. The Kier molecular flexibility index (Phi) is 4.81. The molecule has 1 aromatic heterocycles. The molecule has 1 aromatic carbocycles. The second-order valence-electron chi connectivity index (χ2n) is 4.63. The van der Waals surface area contributed by atoms with Crippen molar-refractivity contribution in [1.29, 1.82) is 0 Å². The van der Waals surface area contributed by atoms with Gasteiger partial charge in [-0.2, -0.15) is 4.98 Å². The average molecular weight is 323 g/mol. The summed E-state index contributed by atoms with van der Waals surface area (Å²) in [7, 11) is -0.805. The summed E-state index contributed by atoms with van der Waals surface area (Å²) in [5.74, 6) is -0.0520. The van der Waals surface area contributed by atoms with E-state index in [0.29, 0.717) is 5.56 Å². The number of nitrogens with zero attached hydrogens (tertiary/aromatic N) is 2. The number of anilines is 1. The van der Waals surface area contributed by atoms with Gasteiger partial charge in [-0.3, -0.25) is 4.72 Å². The van der Waals surface area contributed by atoms with Gasteiger partial charge in [0.25, 0.3) is 0 Å². The lowest BCUT2D eigenvalue weighted by molar-refractivity contribution is 0.353. The number of aromatic nitrogens is 2. The molecule has 1 N–H and O–H groups in total. The van der Waals surface area contributed by atoms with Gasteiger partial charge in [0, 0.05) is 0 Å². The number of nitrogens with one attached hydrogen (secondary N) is 1. The minimum atomic E-state index is -3.61. The standard InChI is InChI=1S/C14H17N3O4S/c1-10-5-4-6-11(7-10)9-22(18,19)17-12-8-15-14(21-3)16-13(12)20-2/h4-8,17H,9H2,1-3H3. The van der Waals surface area contributed by atoms with E-state index in [1.807, 2.05) is 25.1 Å². The average Bonchev–Trinajstić information content (AvgIpc) is 2.46. The molecule has 0 saturated carbocycles. The third-order valence-corrected chi connectivity index (χ3v) is 4.06. The normalized spacial score (nSPS) is 11.0. The molecule has 118 valence electrons. The Labute approximate surface area is 129 Å². The van der Waals surface area contributed by atoms with Gasteiger partial charge in [-0.05, 0) is 12.5 Å². The summed E-state index contributed by atoms with van der Waals surface area (Å²) in [5, 5.41) is 0. The van der Waals surface area contributed by atoms with Crippen LogP contribution in [0.5, 0.6) is 11.9 Å². The number of sulfonamides is 1. The van der Waals surface area contributed by atoms with Crippen molar-refractivity contribution in [3.05, 3.63) is 41.6 Å². The lowest BCUT2D eigenvalue weighted by atomic mass is 10.2. The van der Waals surface area contributed by atoms with Gasteiger partial charge >= 0.3 is 6.01 Å². The molecule has 0 bridgehead atoms. The monoisotopic (exact) mass is 323 g/mol. The molecule has 0 spiro atoms. The maximum atomic E-state index is 12.2. The smallest absolute Gasteiger partial charge is 0.319 e. The van der Waals surface area contributed by atoms with Crippen molar-refractivity contribution in [1.82, 2.24) is 9.97 Å². The molecule has 0 aliphatic carbocycles. The fraction of sp³-hybridized carbons (Fsp3) is 0.286. The van der Waals surface area contributed by atoms with Crippen LogP contribution in [0.2, 0.25) is 0 Å². The number of rotatable bonds is 6. The third kappa shape index (κ3) is 4.08. The maximum absolute atomic E-state index is 12.2. The van der Waals surface area contributed by atoms with Crippen molar-refractivity contribution >= 4 is 15.7 Å². The van der Waals surface area contributed by atoms with E-state index >= 15 is 0 Å². The van der Waals surface area contributed by atoms with Crippen molar-refractivity contribution < 1.29 is 17.9 Å². The largest absolute Gasteiger partial charge is 0.479 e. The van der Waals surface area contributed by atoms with Crippen LogP contribution in [0.15, 0.2) is 30.5 Å². The zero-order chi connectivity index (χ0) is 16.2. The Morgan fingerprint density at radius 3 is 2.64 bits per heavy atom. The van der Waals surface area contributed by atoms with E-state index in [9.17, 15) is 8.42 Å². The summed E-state index contributed by atoms with van der Waals surface area (Å²) < 4.78 is 36.8. The molecule has 0 aliphatic rings. The lowest BCUT2D eigenvalue weighted by Gasteiger charge is -2.11. The summed E-state index contributed by atoms with van der Waals surface area (Å²) in [6.07, 6.45) is 1.30. The first-order valence-electron chi connectivity index (χ1n) is 6.44. The molecule has 0 unspecified atom stereocenters. The molecule has 0 aliphatic heterocycles. The van der Waals surface area contributed by atoms with Crippen LogP contribution >= 0.6 is 0 Å². The number of hydrogen-bond acceptors (Lipinski definition) is 6. The number of hydrogen-bond donors (Lipinski definition) is 1. The molecule has 8 heteroatoms. The highest BCUT2D eigenvalue weighted by Gasteiger charge is 2.16. The van der Waals surface area contributed by atoms with Crippen LogP contribution in [0.4, 0.5) is 5.69 Å². The van der Waals surface area contributed by atoms with E-state index in [0.717, 1.165) is 5.56 Å². The summed E-state index contributed by atoms with van der Waals surface area (Å²) in [6, 6.07) is 7.40. The van der Waals surface area contributed by atoms with E-state index < -0.39 is 10.0 Å². The minimum absolute atomic E-state index is 0.0958. The first kappa shape index (κ1) is 16.0. The highest BCUT2D eigenvalue weighted by Crippen LogP contribution is 2.24. The van der Waals surface area contributed by atoms with Crippen molar-refractivity contribution in [2.45, 2.75) is 12.7 Å². The Hall–Kier alpha value is -2.35. The summed E-state index contributed by atoms with van der Waals surface area (Å²) >= 11 is 0. The van der Waals surface area contributed by atoms with Gasteiger partial charge < -0.3 is 9.47 Å². The molecule has 0 saturated heterocycles. The topological polar surface area (TPSA) is 90.4 Å². The van der Waals surface area contributed by atoms with Crippen LogP contribution in [-0.4, -0.2) is 32.6 Å². The SMILES string of the molecule is COc1ncc(NS(=O)(=O)Cc2cccc(C)c2)c(OC)n1. The highest BCUT2D eigenvalue weighted by molar-refractivity contribution is 7.91. The molecule has 0 radical (unpaired) electrons. The summed E-state index contributed by atoms with van der Waals surface area (Å²) in [4.78, 5) is 7.80. The Balaban J connectivity index is 2.21. The van der Waals surface area contributed by atoms with Crippen LogP contribution in [-0.2, 0) is 15.8 Å². The maximum Gasteiger partial charge on any atom is 0.319 e. The van der Waals surface area contributed by atoms with Gasteiger partial charge in [-0.25, -0.2) is 13.4 Å². The van der Waals surface area contributed by atoms with Crippen LogP contribution in [0.1, 0.15) is 11.1 Å². The van der Waals surface area contributed by atoms with Gasteiger partial charge in [-0.15, -0.1) is 0 Å². The lowest BCUT2D eigenvalue weighted by Crippen LogP contribution is -2.16. The van der Waals surface area contributed by atoms with E-state index in [1.54, 1.807) is 6.07 Å². The summed E-state index contributed by atoms with van der Waals surface area (Å²) in [6.45, 7) is 1.91. The van der Waals surface area contributed by atoms with Crippen molar-refractivity contribution in [2.75, 3.05) is 18.9 Å². The predicted molar refractivity (Wildman–Crippen MR) is 82.6 cm³/mol. The van der Waals surface area contributed by atoms with E-state index in [-0.39, 0.29) is 23.3 Å². The molecule has 7 nitrogen and oxygen atoms in total. The van der Waals surface area contributed by atoms with Gasteiger partial charge in [0.15, 0.2) is 0 Å². The molecular formula is C14H17N3O4S. The molecule has 0 amide bonds. The zero-order valence-electron chi connectivity index (χ0n) is 12.5. The second kappa shape index (κ2) is 6.61. The van der Waals surface area contributed by atoms with Gasteiger partial charge in [0.1, 0.15) is 5.69 Å². The Morgan fingerprint density at radius 1 is 1.23 bits per heavy atom. The van der Waals surface area contributed by atoms with Crippen molar-refractivity contribution in [3.63, 3.8) is 0 Å². The van der Waals surface area contributed by atoms with Crippen LogP contribution in [0.3, 0.4) is 0 Å². The number of ether oxygens (including phenoxy) is 2. The fourth-order valence-electron chi connectivity index (χ4n) is 1.90. The van der Waals surface area contributed by atoms with Crippen LogP contribution < -0.4 is 14.2 Å². The Bertz CT molecular complexity index is 762. The molecule has 2 aromatic rings. The number of aryl methyl sites for hydroxylation is 1. The van der Waals surface area contributed by atoms with Crippen molar-refractivity contribution in [2.24, 2.45) is 0 Å². The first-order chi connectivity index (χ1) is 10.4. The molecule has 22 heavy (non-hydrogen) atoms. The number of benzene rings is 1. The van der Waals surface area contributed by atoms with Crippen LogP contribution in [0.25, 0.3) is 0 Å². The molecular weight excluding hydrogens is 306 g/mol. The van der Waals surface area contributed by atoms with Gasteiger partial charge in [0.05, 0.1) is 26.2 Å². The molecule has 0 atom stereocenters. The van der Waals surface area contributed by atoms with Crippen molar-refractivity contribution in [3.8, 4) is 11.9 Å². The van der Waals surface area contributed by atoms with Gasteiger partial charge in [-0.1, -0.05) is 29.8 Å². The fourth-order valence-corrected chi connectivity index (χ4v) is 3.07. The van der Waals surface area contributed by atoms with E-state index in [2.05, 4.69) is 14.7 Å². The summed E-state index contributed by atoms with van der Waals surface area (Å²) in [5.41, 5.74) is 1.86. The molecule has 2 rings (SSSR count). The first-order valence-corrected chi connectivity index (χ1v) is 8.10. The van der Waals surface area contributed by atoms with E-state index in [4.69, 9.17) is 9.47 Å². The zero-order valence-corrected chi connectivity index (χ0v) is 13.3. The van der Waals surface area contributed by atoms with Gasteiger partial charge in [0.2, 0.25) is 15.9 Å².